The molecule has 3 aliphatic carbocycles. The zero-order valence-electron chi connectivity index (χ0n) is 26.0. The topological polar surface area (TPSA) is 138 Å². The van der Waals surface area contributed by atoms with Crippen molar-refractivity contribution in [1.29, 1.82) is 0 Å². The number of ether oxygens (including phenoxy) is 5. The van der Waals surface area contributed by atoms with Crippen molar-refractivity contribution in [2.75, 3.05) is 0 Å². The monoisotopic (exact) mass is 588 g/mol. The molecule has 3 aliphatic heterocycles. The highest BCUT2D eigenvalue weighted by Gasteiger charge is 2.81. The smallest absolute Gasteiger partial charge is 0.302 e. The first-order valence-corrected chi connectivity index (χ1v) is 15.1. The molecular formula is C32H44O10. The summed E-state index contributed by atoms with van der Waals surface area (Å²) >= 11 is 0. The molecule has 2 N–H and O–H groups in total. The Hall–Kier alpha value is -2.27. The summed E-state index contributed by atoms with van der Waals surface area (Å²) in [6.07, 6.45) is -1.16. The number of carbonyl (C=O) groups excluding carboxylic acids is 3. The molecule has 0 radical (unpaired) electrons. The van der Waals surface area contributed by atoms with E-state index in [4.69, 9.17) is 23.7 Å². The van der Waals surface area contributed by atoms with Gasteiger partial charge in [0.15, 0.2) is 11.4 Å². The van der Waals surface area contributed by atoms with Gasteiger partial charge in [-0.25, -0.2) is 0 Å². The van der Waals surface area contributed by atoms with Gasteiger partial charge in [-0.05, 0) is 59.1 Å². The Morgan fingerprint density at radius 1 is 1.10 bits per heavy atom. The zero-order valence-corrected chi connectivity index (χ0v) is 26.0. The number of hydrogen-bond acceptors (Lipinski definition) is 10. The fourth-order valence-electron chi connectivity index (χ4n) is 9.64. The number of hydrogen-bond donors (Lipinski definition) is 2. The van der Waals surface area contributed by atoms with Gasteiger partial charge in [-0.15, -0.1) is 0 Å². The largest absolute Gasteiger partial charge is 0.487 e. The molecule has 0 amide bonds. The number of fused-ring (bicyclic) bond motifs is 3. The number of allylic oxidation sites excluding steroid dienone is 1. The maximum atomic E-state index is 13.9. The lowest BCUT2D eigenvalue weighted by Crippen LogP contribution is -2.74. The lowest BCUT2D eigenvalue weighted by Gasteiger charge is -2.66. The van der Waals surface area contributed by atoms with Crippen molar-refractivity contribution >= 4 is 17.7 Å². The molecule has 6 rings (SSSR count). The number of esters is 2. The molecule has 4 fully saturated rings. The van der Waals surface area contributed by atoms with Crippen LogP contribution in [0, 0.1) is 22.7 Å². The average molecular weight is 589 g/mol. The van der Waals surface area contributed by atoms with Crippen LogP contribution in [0.15, 0.2) is 23.0 Å². The van der Waals surface area contributed by atoms with Crippen molar-refractivity contribution in [3.05, 3.63) is 23.0 Å². The van der Waals surface area contributed by atoms with E-state index in [1.165, 1.54) is 19.9 Å². The van der Waals surface area contributed by atoms with E-state index in [1.807, 2.05) is 34.6 Å². The maximum Gasteiger partial charge on any atom is 0.302 e. The Morgan fingerprint density at radius 3 is 2.31 bits per heavy atom. The van der Waals surface area contributed by atoms with Gasteiger partial charge in [0, 0.05) is 37.5 Å². The third-order valence-corrected chi connectivity index (χ3v) is 11.7. The van der Waals surface area contributed by atoms with Gasteiger partial charge < -0.3 is 33.9 Å². The highest BCUT2D eigenvalue weighted by atomic mass is 16.6. The van der Waals surface area contributed by atoms with Crippen LogP contribution in [0.4, 0.5) is 0 Å². The highest BCUT2D eigenvalue weighted by molar-refractivity contribution is 6.08. The molecular weight excluding hydrogens is 544 g/mol. The van der Waals surface area contributed by atoms with Crippen LogP contribution in [-0.2, 0) is 38.1 Å². The van der Waals surface area contributed by atoms with Crippen LogP contribution in [0.2, 0.25) is 0 Å². The molecule has 0 aromatic carbocycles. The third kappa shape index (κ3) is 3.49. The number of ketones is 1. The van der Waals surface area contributed by atoms with Crippen LogP contribution in [0.1, 0.15) is 81.6 Å². The number of aliphatic hydroxyl groups is 2. The van der Waals surface area contributed by atoms with Crippen LogP contribution >= 0.6 is 0 Å². The molecule has 2 saturated heterocycles. The predicted molar refractivity (Wildman–Crippen MR) is 148 cm³/mol. The highest BCUT2D eigenvalue weighted by Crippen LogP contribution is 2.72. The Balaban J connectivity index is 1.49. The summed E-state index contributed by atoms with van der Waals surface area (Å²) < 4.78 is 31.8. The Kier molecular flexibility index (Phi) is 6.31. The zero-order chi connectivity index (χ0) is 30.9. The van der Waals surface area contributed by atoms with Gasteiger partial charge in [-0.1, -0.05) is 13.8 Å². The van der Waals surface area contributed by atoms with Gasteiger partial charge in [-0.3, -0.25) is 14.4 Å². The molecule has 0 bridgehead atoms. The van der Waals surface area contributed by atoms with Gasteiger partial charge >= 0.3 is 11.9 Å². The molecule has 10 nitrogen and oxygen atoms in total. The normalized spacial score (nSPS) is 49.2. The summed E-state index contributed by atoms with van der Waals surface area (Å²) in [7, 11) is 0. The van der Waals surface area contributed by atoms with Gasteiger partial charge in [0.05, 0.1) is 41.0 Å². The van der Waals surface area contributed by atoms with E-state index in [0.29, 0.717) is 24.2 Å². The standard InChI is InChI=1S/C32H44O10/c1-14-18-12-19(35)23-24(36)25-29(7,42-27(23)32(18)31(9,15(2)41-32)26(14)39-17(4)34)11-10-20-30(25,8)22(38-16(3)33)13-21(40-20)28(5,6)37/h12,14-15,20-22,24-26,36-37H,10-11,13H2,1-9H3. The van der Waals surface area contributed by atoms with Crippen LogP contribution in [0.25, 0.3) is 0 Å². The molecule has 2 saturated carbocycles. The van der Waals surface area contributed by atoms with Crippen molar-refractivity contribution in [2.24, 2.45) is 22.7 Å². The summed E-state index contributed by atoms with van der Waals surface area (Å²) in [6, 6.07) is 0. The molecule has 12 unspecified atom stereocenters. The van der Waals surface area contributed by atoms with Crippen LogP contribution in [0.3, 0.4) is 0 Å². The van der Waals surface area contributed by atoms with Crippen LogP contribution in [-0.4, -0.2) is 81.4 Å². The second-order valence-corrected chi connectivity index (χ2v) is 14.6. The molecule has 12 atom stereocenters. The number of aliphatic hydroxyl groups excluding tert-OH is 1. The first-order valence-electron chi connectivity index (χ1n) is 15.1. The molecule has 42 heavy (non-hydrogen) atoms. The second kappa shape index (κ2) is 8.89. The Morgan fingerprint density at radius 2 is 1.74 bits per heavy atom. The van der Waals surface area contributed by atoms with Crippen LogP contribution < -0.4 is 0 Å². The van der Waals surface area contributed by atoms with E-state index in [1.54, 1.807) is 13.8 Å². The van der Waals surface area contributed by atoms with E-state index in [-0.39, 0.29) is 29.8 Å². The predicted octanol–water partition coefficient (Wildman–Crippen LogP) is 2.92. The molecule has 6 aliphatic rings. The van der Waals surface area contributed by atoms with Crippen LogP contribution in [0.5, 0.6) is 0 Å². The SMILES string of the molecule is CC(=O)OC1CC(C(C)(C)O)OC2CCC3(C)OC4=C(C(=O)C=C5C(C)C(OC(C)=O)C6(C)C(C)OC546)C(O)C3C12C. The van der Waals surface area contributed by atoms with Gasteiger partial charge in [-0.2, -0.15) is 0 Å². The Bertz CT molecular complexity index is 1310. The number of carbonyl (C=O) groups is 3. The minimum atomic E-state index is -1.28. The van der Waals surface area contributed by atoms with Gasteiger partial charge in [0.25, 0.3) is 0 Å². The van der Waals surface area contributed by atoms with E-state index in [9.17, 15) is 24.6 Å². The lowest BCUT2D eigenvalue weighted by atomic mass is 9.50. The van der Waals surface area contributed by atoms with Crippen molar-refractivity contribution < 1.29 is 48.3 Å². The minimum absolute atomic E-state index is 0.128. The van der Waals surface area contributed by atoms with E-state index in [2.05, 4.69) is 0 Å². The van der Waals surface area contributed by atoms with Gasteiger partial charge in [0.1, 0.15) is 23.6 Å². The summed E-state index contributed by atoms with van der Waals surface area (Å²) in [5.41, 5.74) is -4.17. The second-order valence-electron chi connectivity index (χ2n) is 14.6. The van der Waals surface area contributed by atoms with Gasteiger partial charge in [0.2, 0.25) is 0 Å². The summed E-state index contributed by atoms with van der Waals surface area (Å²) in [5.74, 6) is -1.95. The van der Waals surface area contributed by atoms with E-state index < -0.39 is 76.0 Å². The van der Waals surface area contributed by atoms with E-state index >= 15 is 0 Å². The first-order chi connectivity index (χ1) is 19.3. The number of rotatable bonds is 3. The minimum Gasteiger partial charge on any atom is -0.487 e. The molecule has 1 spiro atoms. The average Bonchev–Trinajstić information content (AvgIpc) is 2.99. The fourth-order valence-corrected chi connectivity index (χ4v) is 9.64. The Labute approximate surface area is 246 Å². The molecule has 10 heteroatoms. The van der Waals surface area contributed by atoms with Crippen molar-refractivity contribution in [2.45, 2.75) is 135 Å². The molecule has 232 valence electrons. The fraction of sp³-hybridized carbons (Fsp3) is 0.781. The molecule has 0 aromatic rings. The summed E-state index contributed by atoms with van der Waals surface area (Å²) in [5, 5.41) is 23.2. The lowest BCUT2D eigenvalue weighted by molar-refractivity contribution is -0.324. The first kappa shape index (κ1) is 29.8. The van der Waals surface area contributed by atoms with Crippen molar-refractivity contribution in [3.8, 4) is 0 Å². The molecule has 3 heterocycles. The third-order valence-electron chi connectivity index (χ3n) is 11.7. The van der Waals surface area contributed by atoms with Crippen molar-refractivity contribution in [1.82, 2.24) is 0 Å². The quantitative estimate of drug-likeness (QED) is 0.474. The maximum absolute atomic E-state index is 13.9. The van der Waals surface area contributed by atoms with Crippen molar-refractivity contribution in [3.63, 3.8) is 0 Å². The molecule has 0 aromatic heterocycles. The van der Waals surface area contributed by atoms with E-state index in [0.717, 1.165) is 0 Å². The summed E-state index contributed by atoms with van der Waals surface area (Å²) in [4.78, 5) is 38.4. The summed E-state index contributed by atoms with van der Waals surface area (Å²) in [6.45, 7) is 15.8.